The van der Waals surface area contributed by atoms with Crippen molar-refractivity contribution in [3.63, 3.8) is 0 Å². The van der Waals surface area contributed by atoms with Crippen LogP contribution < -0.4 is 10.2 Å². The third-order valence-electron chi connectivity index (χ3n) is 5.87. The van der Waals surface area contributed by atoms with Crippen molar-refractivity contribution in [2.75, 3.05) is 36.4 Å². The molecule has 2 heterocycles. The van der Waals surface area contributed by atoms with Gasteiger partial charge >= 0.3 is 0 Å². The molecule has 1 aromatic carbocycles. The predicted octanol–water partition coefficient (Wildman–Crippen LogP) is 3.61. The van der Waals surface area contributed by atoms with Gasteiger partial charge in [-0.25, -0.2) is 9.97 Å². The summed E-state index contributed by atoms with van der Waals surface area (Å²) in [7, 11) is 0. The van der Waals surface area contributed by atoms with Crippen molar-refractivity contribution in [1.82, 2.24) is 14.9 Å². The molecule has 1 saturated heterocycles. The summed E-state index contributed by atoms with van der Waals surface area (Å²) < 4.78 is 0. The smallest absolute Gasteiger partial charge is 0.254 e. The van der Waals surface area contributed by atoms with Gasteiger partial charge in [-0.1, -0.05) is 36.9 Å². The Hall–Kier alpha value is -2.67. The molecular weight excluding hydrogens is 402 g/mol. The van der Waals surface area contributed by atoms with E-state index in [9.17, 15) is 9.59 Å². The molecule has 1 N–H and O–H groups in total. The average molecular weight is 428 g/mol. The Labute approximate surface area is 181 Å². The molecule has 2 fully saturated rings. The van der Waals surface area contributed by atoms with Crippen LogP contribution >= 0.6 is 11.6 Å². The highest BCUT2D eigenvalue weighted by atomic mass is 35.5. The van der Waals surface area contributed by atoms with Gasteiger partial charge in [0.15, 0.2) is 5.82 Å². The van der Waals surface area contributed by atoms with Crippen molar-refractivity contribution >= 4 is 34.9 Å². The van der Waals surface area contributed by atoms with E-state index < -0.39 is 0 Å². The van der Waals surface area contributed by atoms with Gasteiger partial charge < -0.3 is 15.1 Å². The zero-order valence-electron chi connectivity index (χ0n) is 16.9. The Balaban J connectivity index is 1.36. The number of carbonyl (C=O) groups excluding carboxylic acids is 2. The highest BCUT2D eigenvalue weighted by molar-refractivity contribution is 6.32. The molecule has 30 heavy (non-hydrogen) atoms. The molecule has 4 rings (SSSR count). The summed E-state index contributed by atoms with van der Waals surface area (Å²) >= 11 is 6.19. The standard InChI is InChI=1S/C22H26ClN5O2/c23-19-14-24-15-25-20(19)27-9-11-28(12-10-27)22(30)17-7-4-8-18(13-17)26-21(29)16-5-2-1-3-6-16/h4,7-8,13-16H,1-3,5-6,9-12H2,(H,26,29). The Morgan fingerprint density at radius 2 is 1.83 bits per heavy atom. The second-order valence-corrected chi connectivity index (χ2v) is 8.29. The summed E-state index contributed by atoms with van der Waals surface area (Å²) in [5.74, 6) is 0.817. The van der Waals surface area contributed by atoms with Gasteiger partial charge in [-0.15, -0.1) is 0 Å². The quantitative estimate of drug-likeness (QED) is 0.806. The number of anilines is 2. The summed E-state index contributed by atoms with van der Waals surface area (Å²) in [6, 6.07) is 7.23. The van der Waals surface area contributed by atoms with Crippen LogP contribution in [0.3, 0.4) is 0 Å². The van der Waals surface area contributed by atoms with Gasteiger partial charge in [-0.3, -0.25) is 9.59 Å². The van der Waals surface area contributed by atoms with Gasteiger partial charge in [0.2, 0.25) is 5.91 Å². The number of aromatic nitrogens is 2. The van der Waals surface area contributed by atoms with Gasteiger partial charge in [-0.05, 0) is 31.0 Å². The maximum absolute atomic E-state index is 13.0. The first kappa shape index (κ1) is 20.6. The number of nitrogens with zero attached hydrogens (tertiary/aromatic N) is 4. The summed E-state index contributed by atoms with van der Waals surface area (Å²) in [6.07, 6.45) is 8.40. The Bertz CT molecular complexity index is 908. The molecule has 1 aliphatic heterocycles. The average Bonchev–Trinajstić information content (AvgIpc) is 2.80. The van der Waals surface area contributed by atoms with E-state index in [2.05, 4.69) is 20.2 Å². The molecule has 7 nitrogen and oxygen atoms in total. The van der Waals surface area contributed by atoms with E-state index in [1.807, 2.05) is 17.0 Å². The normalized spacial score (nSPS) is 17.6. The highest BCUT2D eigenvalue weighted by Gasteiger charge is 2.25. The van der Waals surface area contributed by atoms with Gasteiger partial charge in [0, 0.05) is 43.3 Å². The number of benzene rings is 1. The van der Waals surface area contributed by atoms with Gasteiger partial charge in [0.25, 0.3) is 5.91 Å². The van der Waals surface area contributed by atoms with Crippen LogP contribution in [0.2, 0.25) is 5.02 Å². The van der Waals surface area contributed by atoms with E-state index in [4.69, 9.17) is 11.6 Å². The van der Waals surface area contributed by atoms with Crippen LogP contribution in [-0.2, 0) is 4.79 Å². The lowest BCUT2D eigenvalue weighted by Gasteiger charge is -2.35. The molecule has 2 aliphatic rings. The van der Waals surface area contributed by atoms with Crippen LogP contribution in [0, 0.1) is 5.92 Å². The van der Waals surface area contributed by atoms with Crippen LogP contribution in [0.15, 0.2) is 36.8 Å². The number of halogens is 1. The monoisotopic (exact) mass is 427 g/mol. The van der Waals surface area contributed by atoms with Crippen LogP contribution in [0.1, 0.15) is 42.5 Å². The molecular formula is C22H26ClN5O2. The molecule has 158 valence electrons. The number of rotatable bonds is 4. The van der Waals surface area contributed by atoms with Crippen molar-refractivity contribution in [3.05, 3.63) is 47.4 Å². The molecule has 2 aromatic rings. The SMILES string of the molecule is O=C(Nc1cccc(C(=O)N2CCN(c3ncncc3Cl)CC2)c1)C1CCCCC1. The van der Waals surface area contributed by atoms with Crippen molar-refractivity contribution in [2.24, 2.45) is 5.92 Å². The number of amides is 2. The van der Waals surface area contributed by atoms with E-state index in [-0.39, 0.29) is 17.7 Å². The molecule has 0 unspecified atom stereocenters. The van der Waals surface area contributed by atoms with Crippen molar-refractivity contribution in [1.29, 1.82) is 0 Å². The predicted molar refractivity (Wildman–Crippen MR) is 117 cm³/mol. The van der Waals surface area contributed by atoms with Crippen molar-refractivity contribution in [2.45, 2.75) is 32.1 Å². The largest absolute Gasteiger partial charge is 0.352 e. The van der Waals surface area contributed by atoms with E-state index >= 15 is 0 Å². The minimum Gasteiger partial charge on any atom is -0.352 e. The second kappa shape index (κ2) is 9.43. The maximum atomic E-state index is 13.0. The molecule has 1 aliphatic carbocycles. The third kappa shape index (κ3) is 4.73. The Morgan fingerprint density at radius 3 is 2.57 bits per heavy atom. The van der Waals surface area contributed by atoms with Gasteiger partial charge in [-0.2, -0.15) is 0 Å². The van der Waals surface area contributed by atoms with Crippen LogP contribution in [0.4, 0.5) is 11.5 Å². The fourth-order valence-electron chi connectivity index (χ4n) is 4.18. The zero-order valence-corrected chi connectivity index (χ0v) is 17.6. The summed E-state index contributed by atoms with van der Waals surface area (Å²) in [5.41, 5.74) is 1.27. The fraction of sp³-hybridized carbons (Fsp3) is 0.455. The van der Waals surface area contributed by atoms with Gasteiger partial charge in [0.1, 0.15) is 11.3 Å². The summed E-state index contributed by atoms with van der Waals surface area (Å²) in [5, 5.41) is 3.51. The molecule has 0 spiro atoms. The first-order chi connectivity index (χ1) is 14.6. The molecule has 1 saturated carbocycles. The molecule has 0 atom stereocenters. The minimum absolute atomic E-state index is 0.0304. The topological polar surface area (TPSA) is 78.4 Å². The van der Waals surface area contributed by atoms with E-state index in [0.29, 0.717) is 48.3 Å². The molecule has 2 amide bonds. The lowest BCUT2D eigenvalue weighted by Crippen LogP contribution is -2.49. The lowest BCUT2D eigenvalue weighted by atomic mass is 9.88. The number of hydrogen-bond donors (Lipinski definition) is 1. The zero-order chi connectivity index (χ0) is 20.9. The number of nitrogens with one attached hydrogen (secondary N) is 1. The molecule has 0 bridgehead atoms. The minimum atomic E-state index is -0.0304. The fourth-order valence-corrected chi connectivity index (χ4v) is 4.41. The number of hydrogen-bond acceptors (Lipinski definition) is 5. The van der Waals surface area contributed by atoms with Crippen molar-refractivity contribution < 1.29 is 9.59 Å². The first-order valence-corrected chi connectivity index (χ1v) is 10.9. The Kier molecular flexibility index (Phi) is 6.47. The Morgan fingerprint density at radius 1 is 1.07 bits per heavy atom. The molecule has 0 radical (unpaired) electrons. The van der Waals surface area contributed by atoms with Crippen LogP contribution in [0.5, 0.6) is 0 Å². The van der Waals surface area contributed by atoms with E-state index in [0.717, 1.165) is 25.7 Å². The highest BCUT2D eigenvalue weighted by Crippen LogP contribution is 2.26. The summed E-state index contributed by atoms with van der Waals surface area (Å²) in [6.45, 7) is 2.47. The number of carbonyl (C=O) groups is 2. The van der Waals surface area contributed by atoms with E-state index in [1.54, 1.807) is 18.3 Å². The second-order valence-electron chi connectivity index (χ2n) is 7.88. The van der Waals surface area contributed by atoms with E-state index in [1.165, 1.54) is 12.7 Å². The lowest BCUT2D eigenvalue weighted by molar-refractivity contribution is -0.120. The van der Waals surface area contributed by atoms with Crippen molar-refractivity contribution in [3.8, 4) is 0 Å². The molecule has 1 aromatic heterocycles. The van der Waals surface area contributed by atoms with Crippen LogP contribution in [-0.4, -0.2) is 52.9 Å². The maximum Gasteiger partial charge on any atom is 0.254 e. The first-order valence-electron chi connectivity index (χ1n) is 10.5. The third-order valence-corrected chi connectivity index (χ3v) is 6.13. The van der Waals surface area contributed by atoms with Crippen LogP contribution in [0.25, 0.3) is 0 Å². The molecule has 8 heteroatoms. The summed E-state index contributed by atoms with van der Waals surface area (Å²) in [4.78, 5) is 37.6. The number of piperazine rings is 1. The van der Waals surface area contributed by atoms with Gasteiger partial charge in [0.05, 0.1) is 6.20 Å².